The number of fused-ring (bicyclic) bond motifs is 6. The Labute approximate surface area is 146 Å². The van der Waals surface area contributed by atoms with Gasteiger partial charge in [0.25, 0.3) is 0 Å². The largest absolute Gasteiger partial charge is 0.359 e. The van der Waals surface area contributed by atoms with Crippen LogP contribution >= 0.6 is 0 Å². The van der Waals surface area contributed by atoms with Gasteiger partial charge in [0.2, 0.25) is 0 Å². The van der Waals surface area contributed by atoms with E-state index in [-0.39, 0.29) is 6.17 Å². The van der Waals surface area contributed by atoms with Crippen LogP contribution in [0, 0.1) is 0 Å². The number of benzene rings is 4. The fourth-order valence-corrected chi connectivity index (χ4v) is 3.83. The molecule has 25 heavy (non-hydrogen) atoms. The van der Waals surface area contributed by atoms with Crippen LogP contribution in [-0.2, 0) is 6.54 Å². The van der Waals surface area contributed by atoms with Gasteiger partial charge >= 0.3 is 0 Å². The van der Waals surface area contributed by atoms with Crippen LogP contribution in [0.1, 0.15) is 17.3 Å². The smallest absolute Gasteiger partial charge is 0.123 e. The van der Waals surface area contributed by atoms with Crippen molar-refractivity contribution in [3.63, 3.8) is 0 Å². The molecule has 0 aliphatic carbocycles. The maximum atomic E-state index is 5.81. The first-order chi connectivity index (χ1) is 12.3. The predicted octanol–water partition coefficient (Wildman–Crippen LogP) is 4.99. The van der Waals surface area contributed by atoms with Crippen molar-refractivity contribution in [3.8, 4) is 0 Å². The van der Waals surface area contributed by atoms with E-state index in [1.165, 1.54) is 38.5 Å². The molecular weight excluding hydrogens is 306 g/mol. The maximum Gasteiger partial charge on any atom is 0.123 e. The monoisotopic (exact) mass is 325 g/mol. The van der Waals surface area contributed by atoms with Gasteiger partial charge in [0, 0.05) is 17.3 Å². The van der Waals surface area contributed by atoms with Gasteiger partial charge in [-0.15, -0.1) is 0 Å². The average Bonchev–Trinajstić information content (AvgIpc) is 3.14. The summed E-state index contributed by atoms with van der Waals surface area (Å²) < 4.78 is 0. The highest BCUT2D eigenvalue weighted by atomic mass is 15.2. The third-order valence-corrected chi connectivity index (χ3v) is 5.03. The van der Waals surface area contributed by atoms with Crippen LogP contribution in [0.15, 0.2) is 72.8 Å². The first-order valence-electron chi connectivity index (χ1n) is 8.60. The van der Waals surface area contributed by atoms with E-state index in [9.17, 15) is 0 Å². The summed E-state index contributed by atoms with van der Waals surface area (Å²) in [5, 5.41) is 12.4. The van der Waals surface area contributed by atoms with Gasteiger partial charge in [-0.2, -0.15) is 0 Å². The van der Waals surface area contributed by atoms with E-state index in [2.05, 4.69) is 83.4 Å². The second-order valence-corrected chi connectivity index (χ2v) is 6.51. The summed E-state index contributed by atoms with van der Waals surface area (Å²) in [6.45, 7) is 0.555. The Balaban J connectivity index is 1.72. The van der Waals surface area contributed by atoms with Gasteiger partial charge in [0.05, 0.1) is 11.4 Å². The van der Waals surface area contributed by atoms with E-state index in [1.54, 1.807) is 0 Å². The van der Waals surface area contributed by atoms with Crippen molar-refractivity contribution in [2.24, 2.45) is 5.73 Å². The molecule has 1 heterocycles. The molecule has 122 valence electrons. The molecule has 1 aliphatic heterocycles. The van der Waals surface area contributed by atoms with E-state index in [0.29, 0.717) is 6.54 Å². The fourth-order valence-electron chi connectivity index (χ4n) is 3.83. The minimum absolute atomic E-state index is 0.0516. The average molecular weight is 325 g/mol. The summed E-state index contributed by atoms with van der Waals surface area (Å²) in [4.78, 5) is 0. The lowest BCUT2D eigenvalue weighted by Crippen LogP contribution is -2.12. The SMILES string of the molecule is NCc1cccc(C2Nc3c(c4ccccc4c4ccccc34)N2)c1. The van der Waals surface area contributed by atoms with Crippen molar-refractivity contribution in [3.05, 3.63) is 83.9 Å². The molecule has 0 bridgehead atoms. The zero-order valence-corrected chi connectivity index (χ0v) is 13.8. The van der Waals surface area contributed by atoms with Crippen LogP contribution in [0.25, 0.3) is 21.5 Å². The van der Waals surface area contributed by atoms with Gasteiger partial charge in [-0.05, 0) is 21.9 Å². The highest BCUT2D eigenvalue weighted by Gasteiger charge is 2.25. The topological polar surface area (TPSA) is 50.1 Å². The van der Waals surface area contributed by atoms with Crippen LogP contribution in [0.2, 0.25) is 0 Å². The molecule has 4 aromatic carbocycles. The Morgan fingerprint density at radius 3 is 1.80 bits per heavy atom. The lowest BCUT2D eigenvalue weighted by Gasteiger charge is -2.14. The number of hydrogen-bond acceptors (Lipinski definition) is 3. The Hall–Kier alpha value is -3.04. The third kappa shape index (κ3) is 2.17. The summed E-state index contributed by atoms with van der Waals surface area (Å²) in [6, 6.07) is 25.6. The highest BCUT2D eigenvalue weighted by molar-refractivity contribution is 6.21. The molecule has 0 spiro atoms. The molecule has 0 saturated carbocycles. The van der Waals surface area contributed by atoms with E-state index < -0.39 is 0 Å². The molecule has 3 heteroatoms. The van der Waals surface area contributed by atoms with Gasteiger partial charge in [-0.3, -0.25) is 0 Å². The molecule has 3 nitrogen and oxygen atoms in total. The van der Waals surface area contributed by atoms with Crippen molar-refractivity contribution in [1.29, 1.82) is 0 Å². The molecule has 0 amide bonds. The minimum atomic E-state index is 0.0516. The summed E-state index contributed by atoms with van der Waals surface area (Å²) in [5.74, 6) is 0. The second kappa shape index (κ2) is 5.50. The van der Waals surface area contributed by atoms with E-state index in [4.69, 9.17) is 5.73 Å². The molecule has 0 fully saturated rings. The first kappa shape index (κ1) is 14.3. The summed E-state index contributed by atoms with van der Waals surface area (Å²) in [5.41, 5.74) is 10.5. The molecule has 0 aromatic heterocycles. The normalized spacial score (nSPS) is 13.6. The Kier molecular flexibility index (Phi) is 3.15. The number of hydrogen-bond donors (Lipinski definition) is 3. The van der Waals surface area contributed by atoms with Crippen molar-refractivity contribution in [1.82, 2.24) is 0 Å². The van der Waals surface area contributed by atoms with Gasteiger partial charge < -0.3 is 16.4 Å². The molecule has 5 rings (SSSR count). The molecule has 1 aliphatic rings. The van der Waals surface area contributed by atoms with Crippen molar-refractivity contribution in [2.45, 2.75) is 12.7 Å². The summed E-state index contributed by atoms with van der Waals surface area (Å²) in [6.07, 6.45) is 0.0516. The summed E-state index contributed by atoms with van der Waals surface area (Å²) >= 11 is 0. The van der Waals surface area contributed by atoms with E-state index in [0.717, 1.165) is 5.56 Å². The van der Waals surface area contributed by atoms with Gasteiger partial charge in [-0.1, -0.05) is 72.8 Å². The van der Waals surface area contributed by atoms with Crippen LogP contribution in [-0.4, -0.2) is 0 Å². The molecule has 0 unspecified atom stereocenters. The zero-order valence-electron chi connectivity index (χ0n) is 13.8. The number of nitrogens with one attached hydrogen (secondary N) is 2. The molecule has 0 radical (unpaired) electrons. The lowest BCUT2D eigenvalue weighted by molar-refractivity contribution is 0.932. The minimum Gasteiger partial charge on any atom is -0.359 e. The second-order valence-electron chi connectivity index (χ2n) is 6.51. The lowest BCUT2D eigenvalue weighted by atomic mass is 9.99. The first-order valence-corrected chi connectivity index (χ1v) is 8.60. The van der Waals surface area contributed by atoms with Crippen molar-refractivity contribution < 1.29 is 0 Å². The van der Waals surface area contributed by atoms with E-state index in [1.807, 2.05) is 0 Å². The van der Waals surface area contributed by atoms with Crippen molar-refractivity contribution >= 4 is 32.9 Å². The molecule has 4 N–H and O–H groups in total. The molecule has 4 aromatic rings. The van der Waals surface area contributed by atoms with Gasteiger partial charge in [0.1, 0.15) is 6.17 Å². The number of nitrogens with two attached hydrogens (primary N) is 1. The predicted molar refractivity (Wildman–Crippen MR) is 106 cm³/mol. The van der Waals surface area contributed by atoms with Crippen LogP contribution < -0.4 is 16.4 Å². The van der Waals surface area contributed by atoms with Crippen LogP contribution in [0.4, 0.5) is 11.4 Å². The molecule has 0 atom stereocenters. The molecular formula is C22H19N3. The Bertz CT molecular complexity index is 1040. The third-order valence-electron chi connectivity index (χ3n) is 5.03. The van der Waals surface area contributed by atoms with Gasteiger partial charge in [0.15, 0.2) is 0 Å². The van der Waals surface area contributed by atoms with Crippen LogP contribution in [0.5, 0.6) is 0 Å². The fraction of sp³-hybridized carbons (Fsp3) is 0.0909. The van der Waals surface area contributed by atoms with Crippen LogP contribution in [0.3, 0.4) is 0 Å². The molecule has 0 saturated heterocycles. The van der Waals surface area contributed by atoms with E-state index >= 15 is 0 Å². The highest BCUT2D eigenvalue weighted by Crippen LogP contribution is 2.46. The summed E-state index contributed by atoms with van der Waals surface area (Å²) in [7, 11) is 0. The number of anilines is 2. The maximum absolute atomic E-state index is 5.81. The van der Waals surface area contributed by atoms with Gasteiger partial charge in [-0.25, -0.2) is 0 Å². The number of rotatable bonds is 2. The quantitative estimate of drug-likeness (QED) is 0.455. The Morgan fingerprint density at radius 1 is 0.680 bits per heavy atom. The zero-order chi connectivity index (χ0) is 16.8. The Morgan fingerprint density at radius 2 is 1.24 bits per heavy atom. The standard InChI is InChI=1S/C22H19N3/c23-13-14-6-5-7-15(12-14)22-24-20-18-10-3-1-8-16(18)17-9-2-4-11-19(17)21(20)25-22/h1-12,22,24-25H,13,23H2. The van der Waals surface area contributed by atoms with Crippen molar-refractivity contribution in [2.75, 3.05) is 10.6 Å².